The van der Waals surface area contributed by atoms with Crippen LogP contribution in [0.3, 0.4) is 0 Å². The van der Waals surface area contributed by atoms with Gasteiger partial charge in [-0.2, -0.15) is 0 Å². The number of aliphatic carboxylic acids is 1. The van der Waals surface area contributed by atoms with Crippen LogP contribution >= 0.6 is 11.3 Å². The van der Waals surface area contributed by atoms with E-state index in [1.54, 1.807) is 18.9 Å². The van der Waals surface area contributed by atoms with Crippen LogP contribution in [0.2, 0.25) is 0 Å². The lowest BCUT2D eigenvalue weighted by Crippen LogP contribution is -2.32. The summed E-state index contributed by atoms with van der Waals surface area (Å²) in [7, 11) is 1.62. The van der Waals surface area contributed by atoms with Gasteiger partial charge in [0.15, 0.2) is 0 Å². The van der Waals surface area contributed by atoms with Crippen LogP contribution < -0.4 is 5.56 Å². The van der Waals surface area contributed by atoms with Crippen LogP contribution in [-0.4, -0.2) is 44.5 Å². The molecule has 0 aliphatic carbocycles. The zero-order chi connectivity index (χ0) is 17.1. The van der Waals surface area contributed by atoms with E-state index in [2.05, 4.69) is 4.98 Å². The monoisotopic (exact) mass is 337 g/mol. The normalized spacial score (nSPS) is 10.9. The van der Waals surface area contributed by atoms with Crippen molar-refractivity contribution < 1.29 is 14.7 Å². The second-order valence-electron chi connectivity index (χ2n) is 5.28. The number of nitrogens with zero attached hydrogens (tertiary/aromatic N) is 3. The van der Waals surface area contributed by atoms with E-state index in [0.717, 1.165) is 0 Å². The molecule has 0 atom stereocenters. The lowest BCUT2D eigenvalue weighted by atomic mass is 10.2. The van der Waals surface area contributed by atoms with Gasteiger partial charge < -0.3 is 14.6 Å². The van der Waals surface area contributed by atoms with Crippen molar-refractivity contribution >= 4 is 33.4 Å². The van der Waals surface area contributed by atoms with Gasteiger partial charge in [0, 0.05) is 26.6 Å². The van der Waals surface area contributed by atoms with Gasteiger partial charge in [0.25, 0.3) is 11.5 Å². The Bertz CT molecular complexity index is 809. The van der Waals surface area contributed by atoms with Gasteiger partial charge in [-0.15, -0.1) is 11.3 Å². The molecule has 2 rings (SSSR count). The molecule has 7 nitrogen and oxygen atoms in total. The number of thiophene rings is 1. The van der Waals surface area contributed by atoms with Gasteiger partial charge in [-0.1, -0.05) is 0 Å². The molecule has 0 bridgehead atoms. The molecule has 0 aliphatic rings. The van der Waals surface area contributed by atoms with E-state index in [-0.39, 0.29) is 17.9 Å². The third kappa shape index (κ3) is 3.42. The molecule has 1 N–H and O–H groups in total. The van der Waals surface area contributed by atoms with Crippen molar-refractivity contribution in [3.05, 3.63) is 27.1 Å². The largest absolute Gasteiger partial charge is 0.481 e. The van der Waals surface area contributed by atoms with E-state index in [4.69, 9.17) is 5.11 Å². The van der Waals surface area contributed by atoms with Crippen molar-refractivity contribution in [2.75, 3.05) is 13.1 Å². The predicted molar refractivity (Wildman–Crippen MR) is 88.0 cm³/mol. The van der Waals surface area contributed by atoms with Crippen molar-refractivity contribution in [2.24, 2.45) is 7.05 Å². The maximum atomic E-state index is 12.7. The molecule has 23 heavy (non-hydrogen) atoms. The number of carbonyl (C=O) groups is 2. The maximum Gasteiger partial charge on any atom is 0.303 e. The Kier molecular flexibility index (Phi) is 5.15. The Labute approximate surface area is 137 Å². The summed E-state index contributed by atoms with van der Waals surface area (Å²) in [5.41, 5.74) is 0.470. The fraction of sp³-hybridized carbons (Fsp3) is 0.467. The maximum absolute atomic E-state index is 12.7. The summed E-state index contributed by atoms with van der Waals surface area (Å²) in [5.74, 6) is -1.06. The number of aryl methyl sites for hydroxylation is 2. The van der Waals surface area contributed by atoms with Gasteiger partial charge in [-0.25, -0.2) is 4.98 Å². The molecular weight excluding hydrogens is 318 g/mol. The third-order valence-electron chi connectivity index (χ3n) is 3.69. The standard InChI is InChI=1S/C15H19N3O4S/c1-4-18(7-5-6-10(19)20)15(22)12-9(2)11-13(23-12)16-8-17(3)14(11)21/h8H,4-7H2,1-3H3,(H,19,20). The van der Waals surface area contributed by atoms with E-state index in [0.29, 0.717) is 40.2 Å². The van der Waals surface area contributed by atoms with Gasteiger partial charge in [0.2, 0.25) is 0 Å². The number of carboxylic acids is 1. The van der Waals surface area contributed by atoms with Crippen LogP contribution in [0.5, 0.6) is 0 Å². The molecule has 2 heterocycles. The Morgan fingerprint density at radius 2 is 2.13 bits per heavy atom. The third-order valence-corrected chi connectivity index (χ3v) is 4.88. The van der Waals surface area contributed by atoms with Crippen LogP contribution in [0.15, 0.2) is 11.1 Å². The molecular formula is C15H19N3O4S. The molecule has 124 valence electrons. The first-order valence-corrected chi connectivity index (χ1v) is 8.14. The summed E-state index contributed by atoms with van der Waals surface area (Å²) in [5, 5.41) is 9.18. The van der Waals surface area contributed by atoms with Crippen LogP contribution in [0, 0.1) is 6.92 Å². The fourth-order valence-corrected chi connectivity index (χ4v) is 3.49. The minimum absolute atomic E-state index is 0.0251. The number of carbonyl (C=O) groups excluding carboxylic acids is 1. The Morgan fingerprint density at radius 3 is 2.74 bits per heavy atom. The van der Waals surface area contributed by atoms with Crippen molar-refractivity contribution in [3.63, 3.8) is 0 Å². The smallest absolute Gasteiger partial charge is 0.303 e. The first-order chi connectivity index (χ1) is 10.9. The Hall–Kier alpha value is -2.22. The number of hydrogen-bond donors (Lipinski definition) is 1. The van der Waals surface area contributed by atoms with Crippen LogP contribution in [0.4, 0.5) is 0 Å². The van der Waals surface area contributed by atoms with Crippen molar-refractivity contribution in [1.82, 2.24) is 14.5 Å². The highest BCUT2D eigenvalue weighted by Gasteiger charge is 2.22. The summed E-state index contributed by atoms with van der Waals surface area (Å²) in [6.07, 6.45) is 1.87. The molecule has 2 aromatic rings. The molecule has 0 unspecified atom stereocenters. The molecule has 0 aromatic carbocycles. The first kappa shape index (κ1) is 17.1. The van der Waals surface area contributed by atoms with Gasteiger partial charge in [-0.3, -0.25) is 14.4 Å². The molecule has 0 radical (unpaired) electrons. The van der Waals surface area contributed by atoms with E-state index in [9.17, 15) is 14.4 Å². The quantitative estimate of drug-likeness (QED) is 0.865. The number of fused-ring (bicyclic) bond motifs is 1. The predicted octanol–water partition coefficient (Wildman–Crippen LogP) is 1.63. The van der Waals surface area contributed by atoms with Gasteiger partial charge in [-0.05, 0) is 25.8 Å². The van der Waals surface area contributed by atoms with E-state index >= 15 is 0 Å². The SMILES string of the molecule is CCN(CCCC(=O)O)C(=O)c1sc2ncn(C)c(=O)c2c1C. The van der Waals surface area contributed by atoms with Crippen molar-refractivity contribution in [2.45, 2.75) is 26.7 Å². The number of hydrogen-bond acceptors (Lipinski definition) is 5. The first-order valence-electron chi connectivity index (χ1n) is 7.32. The summed E-state index contributed by atoms with van der Waals surface area (Å²) in [6.45, 7) is 4.46. The zero-order valence-corrected chi connectivity index (χ0v) is 14.1. The fourth-order valence-electron chi connectivity index (χ4n) is 2.38. The number of carboxylic acid groups (broad SMARTS) is 1. The molecule has 0 aliphatic heterocycles. The molecule has 0 fully saturated rings. The highest BCUT2D eigenvalue weighted by molar-refractivity contribution is 7.20. The average Bonchev–Trinajstić information content (AvgIpc) is 2.84. The van der Waals surface area contributed by atoms with Crippen LogP contribution in [-0.2, 0) is 11.8 Å². The second kappa shape index (κ2) is 6.91. The van der Waals surface area contributed by atoms with Gasteiger partial charge in [0.1, 0.15) is 4.83 Å². The number of aromatic nitrogens is 2. The highest BCUT2D eigenvalue weighted by Crippen LogP contribution is 2.28. The minimum atomic E-state index is -0.876. The van der Waals surface area contributed by atoms with Crippen LogP contribution in [0.1, 0.15) is 35.0 Å². The Balaban J connectivity index is 2.33. The number of rotatable bonds is 6. The van der Waals surface area contributed by atoms with Crippen molar-refractivity contribution in [1.29, 1.82) is 0 Å². The van der Waals surface area contributed by atoms with E-state index < -0.39 is 5.97 Å². The summed E-state index contributed by atoms with van der Waals surface area (Å²) >= 11 is 1.21. The minimum Gasteiger partial charge on any atom is -0.481 e. The average molecular weight is 337 g/mol. The molecule has 0 saturated carbocycles. The summed E-state index contributed by atoms with van der Waals surface area (Å²) in [6, 6.07) is 0. The second-order valence-corrected chi connectivity index (χ2v) is 6.28. The van der Waals surface area contributed by atoms with E-state index in [1.807, 2.05) is 6.92 Å². The summed E-state index contributed by atoms with van der Waals surface area (Å²) < 4.78 is 1.39. The van der Waals surface area contributed by atoms with Crippen LogP contribution in [0.25, 0.3) is 10.2 Å². The van der Waals surface area contributed by atoms with E-state index in [1.165, 1.54) is 22.2 Å². The Morgan fingerprint density at radius 1 is 1.43 bits per heavy atom. The molecule has 8 heteroatoms. The molecule has 2 aromatic heterocycles. The lowest BCUT2D eigenvalue weighted by Gasteiger charge is -2.20. The van der Waals surface area contributed by atoms with Crippen molar-refractivity contribution in [3.8, 4) is 0 Å². The molecule has 1 amide bonds. The topological polar surface area (TPSA) is 92.5 Å². The van der Waals surface area contributed by atoms with Gasteiger partial charge >= 0.3 is 5.97 Å². The molecule has 0 spiro atoms. The summed E-state index contributed by atoms with van der Waals surface area (Å²) in [4.78, 5) is 42.4. The number of amides is 1. The molecule has 0 saturated heterocycles. The lowest BCUT2D eigenvalue weighted by molar-refractivity contribution is -0.137. The zero-order valence-electron chi connectivity index (χ0n) is 13.3. The highest BCUT2D eigenvalue weighted by atomic mass is 32.1. The van der Waals surface area contributed by atoms with Gasteiger partial charge in [0.05, 0.1) is 16.6 Å².